The van der Waals surface area contributed by atoms with Crippen LogP contribution in [0.25, 0.3) is 0 Å². The van der Waals surface area contributed by atoms with Crippen molar-refractivity contribution in [2.45, 2.75) is 51.6 Å². The van der Waals surface area contributed by atoms with E-state index in [1.807, 2.05) is 0 Å². The van der Waals surface area contributed by atoms with Gasteiger partial charge in [-0.15, -0.1) is 0 Å². The predicted octanol–water partition coefficient (Wildman–Crippen LogP) is 2.44. The Labute approximate surface area is 122 Å². The number of nitrogens with one attached hydrogen (secondary N) is 1. The topological polar surface area (TPSA) is 58.3 Å². The zero-order chi connectivity index (χ0) is 14.5. The van der Waals surface area contributed by atoms with E-state index in [0.29, 0.717) is 18.5 Å². The van der Waals surface area contributed by atoms with Crippen LogP contribution in [0.4, 0.5) is 0 Å². The van der Waals surface area contributed by atoms with Crippen LogP contribution in [-0.4, -0.2) is 24.3 Å². The first-order valence-electron chi connectivity index (χ1n) is 7.79. The van der Waals surface area contributed by atoms with E-state index >= 15 is 0 Å². The minimum Gasteiger partial charge on any atom is -0.396 e. The molecule has 1 aromatic carbocycles. The summed E-state index contributed by atoms with van der Waals surface area (Å²) in [5.74, 6) is 0.378. The van der Waals surface area contributed by atoms with Crippen LogP contribution in [0.1, 0.15) is 48.4 Å². The van der Waals surface area contributed by atoms with Gasteiger partial charge in [-0.2, -0.15) is 0 Å². The number of aryl methyl sites for hydroxylation is 2. The second-order valence-electron chi connectivity index (χ2n) is 6.15. The number of aliphatic hydroxyl groups excluding tert-OH is 1. The normalized spacial score (nSPS) is 24.6. The molecule has 3 atom stereocenters. The van der Waals surface area contributed by atoms with Crippen molar-refractivity contribution in [3.8, 4) is 0 Å². The zero-order valence-corrected chi connectivity index (χ0v) is 12.7. The molecule has 4 N–H and O–H groups in total. The quantitative estimate of drug-likeness (QED) is 0.774. The smallest absolute Gasteiger partial charge is 0.0474 e. The van der Waals surface area contributed by atoms with Crippen LogP contribution in [-0.2, 0) is 0 Å². The average molecular weight is 276 g/mol. The van der Waals surface area contributed by atoms with Gasteiger partial charge in [0.2, 0.25) is 0 Å². The molecule has 0 aromatic heterocycles. The number of aliphatic hydroxyl groups is 1. The molecular formula is C17H28N2O. The summed E-state index contributed by atoms with van der Waals surface area (Å²) < 4.78 is 0. The lowest BCUT2D eigenvalue weighted by Gasteiger charge is -2.34. The molecule has 3 unspecified atom stereocenters. The number of nitrogens with two attached hydrogens (primary N) is 1. The van der Waals surface area contributed by atoms with Crippen molar-refractivity contribution >= 4 is 0 Å². The molecule has 1 aromatic rings. The molecule has 20 heavy (non-hydrogen) atoms. The first kappa shape index (κ1) is 15.5. The van der Waals surface area contributed by atoms with Crippen LogP contribution in [0.5, 0.6) is 0 Å². The molecule has 0 heterocycles. The highest BCUT2D eigenvalue weighted by Crippen LogP contribution is 2.27. The molecule has 1 aliphatic rings. The van der Waals surface area contributed by atoms with Gasteiger partial charge < -0.3 is 16.2 Å². The summed E-state index contributed by atoms with van der Waals surface area (Å²) in [6.45, 7) is 5.14. The van der Waals surface area contributed by atoms with Crippen molar-refractivity contribution in [3.63, 3.8) is 0 Å². The van der Waals surface area contributed by atoms with Gasteiger partial charge in [0.15, 0.2) is 0 Å². The summed E-state index contributed by atoms with van der Waals surface area (Å²) in [5, 5.41) is 13.3. The van der Waals surface area contributed by atoms with E-state index < -0.39 is 0 Å². The van der Waals surface area contributed by atoms with Gasteiger partial charge in [0.25, 0.3) is 0 Å². The molecule has 0 spiro atoms. The summed E-state index contributed by atoms with van der Waals surface area (Å²) in [6, 6.07) is 7.12. The Morgan fingerprint density at radius 3 is 2.75 bits per heavy atom. The zero-order valence-electron chi connectivity index (χ0n) is 12.7. The molecule has 1 fully saturated rings. The predicted molar refractivity (Wildman–Crippen MR) is 83.7 cm³/mol. The Hall–Kier alpha value is -0.900. The van der Waals surface area contributed by atoms with Crippen molar-refractivity contribution in [2.75, 3.05) is 13.2 Å². The van der Waals surface area contributed by atoms with Gasteiger partial charge in [-0.1, -0.05) is 36.6 Å². The van der Waals surface area contributed by atoms with Crippen molar-refractivity contribution in [2.24, 2.45) is 11.7 Å². The fraction of sp³-hybridized carbons (Fsp3) is 0.647. The lowest BCUT2D eigenvalue weighted by atomic mass is 9.84. The first-order chi connectivity index (χ1) is 9.65. The van der Waals surface area contributed by atoms with E-state index in [4.69, 9.17) is 5.73 Å². The van der Waals surface area contributed by atoms with E-state index in [9.17, 15) is 5.11 Å². The van der Waals surface area contributed by atoms with Gasteiger partial charge >= 0.3 is 0 Å². The van der Waals surface area contributed by atoms with Crippen LogP contribution in [0.3, 0.4) is 0 Å². The largest absolute Gasteiger partial charge is 0.396 e. The third-order valence-corrected chi connectivity index (χ3v) is 4.60. The Balaban J connectivity index is 2.13. The third-order valence-electron chi connectivity index (χ3n) is 4.60. The highest BCUT2D eigenvalue weighted by Gasteiger charge is 2.27. The van der Waals surface area contributed by atoms with Gasteiger partial charge in [0.1, 0.15) is 0 Å². The van der Waals surface area contributed by atoms with Gasteiger partial charge in [-0.05, 0) is 43.7 Å². The fourth-order valence-corrected chi connectivity index (χ4v) is 3.32. The minimum absolute atomic E-state index is 0.187. The van der Waals surface area contributed by atoms with Crippen molar-refractivity contribution in [3.05, 3.63) is 34.9 Å². The average Bonchev–Trinajstić information content (AvgIpc) is 2.48. The highest BCUT2D eigenvalue weighted by molar-refractivity contribution is 5.33. The highest BCUT2D eigenvalue weighted by atomic mass is 16.3. The molecule has 3 heteroatoms. The Bertz CT molecular complexity index is 433. The Morgan fingerprint density at radius 1 is 1.30 bits per heavy atom. The SMILES string of the molecule is Cc1ccc(C)c(C(CN)NC2CCCCC2CO)c1. The summed E-state index contributed by atoms with van der Waals surface area (Å²) >= 11 is 0. The molecule has 1 saturated carbocycles. The maximum absolute atomic E-state index is 9.55. The van der Waals surface area contributed by atoms with E-state index in [2.05, 4.69) is 37.4 Å². The minimum atomic E-state index is 0.187. The van der Waals surface area contributed by atoms with Crippen LogP contribution in [0, 0.1) is 19.8 Å². The van der Waals surface area contributed by atoms with E-state index in [0.717, 1.165) is 12.8 Å². The molecule has 1 aliphatic carbocycles. The number of hydrogen-bond donors (Lipinski definition) is 3. The summed E-state index contributed by atoms with van der Waals surface area (Å²) in [5.41, 5.74) is 9.86. The first-order valence-corrected chi connectivity index (χ1v) is 7.79. The maximum Gasteiger partial charge on any atom is 0.0474 e. The molecule has 0 saturated heterocycles. The van der Waals surface area contributed by atoms with Crippen molar-refractivity contribution in [1.29, 1.82) is 0 Å². The van der Waals surface area contributed by atoms with Gasteiger partial charge in [0.05, 0.1) is 0 Å². The van der Waals surface area contributed by atoms with E-state index in [1.165, 1.54) is 29.5 Å². The van der Waals surface area contributed by atoms with Crippen LogP contribution in [0.15, 0.2) is 18.2 Å². The van der Waals surface area contributed by atoms with Gasteiger partial charge in [0, 0.05) is 25.2 Å². The monoisotopic (exact) mass is 276 g/mol. The second kappa shape index (κ2) is 7.21. The standard InChI is InChI=1S/C17H28N2O/c1-12-7-8-13(2)15(9-12)17(10-18)19-16-6-4-3-5-14(16)11-20/h7-9,14,16-17,19-20H,3-6,10-11,18H2,1-2H3. The van der Waals surface area contributed by atoms with Crippen LogP contribution in [0.2, 0.25) is 0 Å². The molecule has 112 valence electrons. The molecule has 0 radical (unpaired) electrons. The fourth-order valence-electron chi connectivity index (χ4n) is 3.32. The molecule has 2 rings (SSSR count). The molecule has 0 bridgehead atoms. The van der Waals surface area contributed by atoms with Crippen LogP contribution < -0.4 is 11.1 Å². The number of benzene rings is 1. The lowest BCUT2D eigenvalue weighted by Crippen LogP contribution is -2.44. The molecule has 0 amide bonds. The summed E-state index contributed by atoms with van der Waals surface area (Å²) in [6.07, 6.45) is 4.75. The van der Waals surface area contributed by atoms with Crippen LogP contribution >= 0.6 is 0 Å². The third kappa shape index (κ3) is 3.60. The maximum atomic E-state index is 9.55. The second-order valence-corrected chi connectivity index (χ2v) is 6.15. The molecule has 3 nitrogen and oxygen atoms in total. The summed E-state index contributed by atoms with van der Waals surface area (Å²) in [4.78, 5) is 0. The molecular weight excluding hydrogens is 248 g/mol. The van der Waals surface area contributed by atoms with Gasteiger partial charge in [-0.25, -0.2) is 0 Å². The molecule has 0 aliphatic heterocycles. The van der Waals surface area contributed by atoms with Crippen molar-refractivity contribution < 1.29 is 5.11 Å². The summed E-state index contributed by atoms with van der Waals surface area (Å²) in [7, 11) is 0. The van der Waals surface area contributed by atoms with Gasteiger partial charge in [-0.3, -0.25) is 0 Å². The number of rotatable bonds is 5. The van der Waals surface area contributed by atoms with Crippen molar-refractivity contribution in [1.82, 2.24) is 5.32 Å². The lowest BCUT2D eigenvalue weighted by molar-refractivity contribution is 0.146. The van der Waals surface area contributed by atoms with E-state index in [-0.39, 0.29) is 12.6 Å². The Morgan fingerprint density at radius 2 is 2.05 bits per heavy atom. The van der Waals surface area contributed by atoms with E-state index in [1.54, 1.807) is 0 Å². The number of hydrogen-bond acceptors (Lipinski definition) is 3. The Kier molecular flexibility index (Phi) is 5.58.